The molecule has 0 radical (unpaired) electrons. The predicted molar refractivity (Wildman–Crippen MR) is 261 cm³/mol. The van der Waals surface area contributed by atoms with E-state index in [1.807, 2.05) is 30.7 Å². The van der Waals surface area contributed by atoms with Gasteiger partial charge >= 0.3 is 0 Å². The van der Waals surface area contributed by atoms with Crippen LogP contribution in [0.15, 0.2) is 207 Å². The lowest BCUT2D eigenvalue weighted by Gasteiger charge is -2.13. The third-order valence-electron chi connectivity index (χ3n) is 12.3. The van der Waals surface area contributed by atoms with Crippen LogP contribution in [0.5, 0.6) is 0 Å². The number of benzene rings is 7. The molecule has 13 aromatic rings. The van der Waals surface area contributed by atoms with Gasteiger partial charge in [0.05, 0.1) is 61.8 Å². The molecule has 0 N–H and O–H groups in total. The van der Waals surface area contributed by atoms with Gasteiger partial charge < -0.3 is 4.57 Å². The summed E-state index contributed by atoms with van der Waals surface area (Å²) in [6.45, 7) is 0. The molecule has 0 aliphatic heterocycles. The number of hydrogen-bond acceptors (Lipinski definition) is 5. The molecule has 0 spiro atoms. The lowest BCUT2D eigenvalue weighted by molar-refractivity contribution is 1.08. The first-order valence-electron chi connectivity index (χ1n) is 21.0. The minimum Gasteiger partial charge on any atom is -0.309 e. The van der Waals surface area contributed by atoms with E-state index >= 15 is 0 Å². The molecule has 6 heterocycles. The molecule has 6 aromatic heterocycles. The topological polar surface area (TPSA) is 61.4 Å². The van der Waals surface area contributed by atoms with Crippen LogP contribution < -0.4 is 0 Å². The van der Waals surface area contributed by atoms with Crippen LogP contribution >= 0.6 is 11.3 Å². The zero-order valence-corrected chi connectivity index (χ0v) is 34.5. The van der Waals surface area contributed by atoms with Crippen LogP contribution in [0.25, 0.3) is 120 Å². The highest BCUT2D eigenvalue weighted by molar-refractivity contribution is 7.25. The Morgan fingerprint density at radius 2 is 1.03 bits per heavy atom. The average Bonchev–Trinajstić information content (AvgIpc) is 4.01. The lowest BCUT2D eigenvalue weighted by Crippen LogP contribution is -2.00. The third-order valence-corrected chi connectivity index (χ3v) is 13.4. The van der Waals surface area contributed by atoms with Crippen LogP contribution in [0.1, 0.15) is 0 Å². The quantitative estimate of drug-likeness (QED) is 0.168. The molecule has 6 nitrogen and oxygen atoms in total. The van der Waals surface area contributed by atoms with Crippen molar-refractivity contribution in [2.45, 2.75) is 0 Å². The summed E-state index contributed by atoms with van der Waals surface area (Å²) in [6, 6.07) is 66.7. The van der Waals surface area contributed by atoms with Crippen molar-refractivity contribution in [2.24, 2.45) is 0 Å². The molecule has 7 aromatic carbocycles. The zero-order chi connectivity index (χ0) is 41.4. The maximum Gasteiger partial charge on any atom is 0.138 e. The van der Waals surface area contributed by atoms with Crippen LogP contribution in [0, 0.1) is 0 Å². The summed E-state index contributed by atoms with van der Waals surface area (Å²) in [5.74, 6) is 0.865. The van der Waals surface area contributed by atoms with E-state index in [4.69, 9.17) is 19.9 Å². The van der Waals surface area contributed by atoms with Crippen molar-refractivity contribution in [3.05, 3.63) is 207 Å². The highest BCUT2D eigenvalue weighted by atomic mass is 32.1. The molecule has 0 unspecified atom stereocenters. The molecule has 0 saturated carbocycles. The average molecular weight is 823 g/mol. The Kier molecular flexibility index (Phi) is 7.98. The van der Waals surface area contributed by atoms with E-state index < -0.39 is 0 Å². The van der Waals surface area contributed by atoms with Gasteiger partial charge in [-0.15, -0.1) is 11.3 Å². The molecule has 63 heavy (non-hydrogen) atoms. The second kappa shape index (κ2) is 14.2. The van der Waals surface area contributed by atoms with Crippen LogP contribution in [-0.2, 0) is 0 Å². The largest absolute Gasteiger partial charge is 0.309 e. The van der Waals surface area contributed by atoms with Gasteiger partial charge in [-0.05, 0) is 83.9 Å². The minimum absolute atomic E-state index is 0.810. The first-order valence-corrected chi connectivity index (χ1v) is 21.8. The van der Waals surface area contributed by atoms with E-state index in [-0.39, 0.29) is 0 Å². The van der Waals surface area contributed by atoms with Crippen molar-refractivity contribution in [3.63, 3.8) is 0 Å². The summed E-state index contributed by atoms with van der Waals surface area (Å²) in [4.78, 5) is 20.1. The molecule has 0 atom stereocenters. The Morgan fingerprint density at radius 3 is 1.84 bits per heavy atom. The molecule has 0 amide bonds. The summed E-state index contributed by atoms with van der Waals surface area (Å²) < 4.78 is 7.09. The molecule has 0 fully saturated rings. The van der Waals surface area contributed by atoms with E-state index in [2.05, 4.69) is 185 Å². The number of rotatable bonds is 6. The van der Waals surface area contributed by atoms with Crippen molar-refractivity contribution in [2.75, 3.05) is 0 Å². The van der Waals surface area contributed by atoms with E-state index in [1.54, 1.807) is 11.3 Å². The third kappa shape index (κ3) is 5.78. The number of hydrogen-bond donors (Lipinski definition) is 0. The Balaban J connectivity index is 0.937. The Bertz CT molecular complexity index is 3860. The van der Waals surface area contributed by atoms with E-state index in [0.29, 0.717) is 0 Å². The lowest BCUT2D eigenvalue weighted by atomic mass is 10.0. The first-order chi connectivity index (χ1) is 31.2. The number of nitrogens with zero attached hydrogens (tertiary/aromatic N) is 6. The molecular formula is C56H34N6S. The van der Waals surface area contributed by atoms with Gasteiger partial charge in [0.25, 0.3) is 0 Å². The number of para-hydroxylation sites is 2. The summed E-state index contributed by atoms with van der Waals surface area (Å²) in [7, 11) is 0. The van der Waals surface area contributed by atoms with E-state index in [0.717, 1.165) is 94.8 Å². The normalized spacial score (nSPS) is 11.8. The van der Waals surface area contributed by atoms with Gasteiger partial charge in [0.15, 0.2) is 0 Å². The summed E-state index contributed by atoms with van der Waals surface area (Å²) in [5, 5.41) is 5.84. The second-order valence-corrected chi connectivity index (χ2v) is 17.0. The molecular weight excluding hydrogens is 789 g/mol. The Labute approximate surface area is 365 Å². The fourth-order valence-electron chi connectivity index (χ4n) is 9.34. The van der Waals surface area contributed by atoms with Gasteiger partial charge in [0.2, 0.25) is 0 Å². The van der Waals surface area contributed by atoms with Crippen molar-refractivity contribution in [3.8, 4) is 56.4 Å². The maximum atomic E-state index is 5.32. The SMILES string of the molecule is c1ccc(-c2cc(-c3ccccc3)nc(-n3c4ccccc4c4cc(-c5cncc(-c6ccc7c8ccccc8n(-c8ccc9sc%10cccnc%10c9c8)c7c6)n5)ccc43)c2)cc1. The number of pyridine rings is 2. The number of thiophene rings is 1. The molecule has 7 heteroatoms. The van der Waals surface area contributed by atoms with Gasteiger partial charge in [0.1, 0.15) is 5.82 Å². The summed E-state index contributed by atoms with van der Waals surface area (Å²) in [5.41, 5.74) is 14.5. The molecule has 294 valence electrons. The Morgan fingerprint density at radius 1 is 0.365 bits per heavy atom. The fraction of sp³-hybridized carbons (Fsp3) is 0. The van der Waals surface area contributed by atoms with Gasteiger partial charge in [-0.25, -0.2) is 9.97 Å². The van der Waals surface area contributed by atoms with Crippen molar-refractivity contribution in [1.82, 2.24) is 29.1 Å². The number of fused-ring (bicyclic) bond motifs is 9. The van der Waals surface area contributed by atoms with Gasteiger partial charge in [-0.2, -0.15) is 0 Å². The summed E-state index contributed by atoms with van der Waals surface area (Å²) >= 11 is 1.78. The van der Waals surface area contributed by atoms with Crippen molar-refractivity contribution < 1.29 is 0 Å². The standard InChI is InChI=1S/C56H34N6S/c1-3-12-35(13-4-1)39-29-46(36-14-5-2-6-15-36)60-55(31-39)62-50-19-10-8-17-42(50)44-28-37(22-25-51(44)62)47-33-57-34-48(59-47)38-21-24-43-41-16-7-9-18-49(41)61(52(43)30-38)40-23-26-53-45(32-40)56-54(63-53)20-11-27-58-56/h1-34H. The molecule has 0 saturated heterocycles. The highest BCUT2D eigenvalue weighted by Crippen LogP contribution is 2.40. The van der Waals surface area contributed by atoms with Crippen LogP contribution in [0.4, 0.5) is 0 Å². The number of aromatic nitrogens is 6. The molecule has 0 aliphatic carbocycles. The van der Waals surface area contributed by atoms with Crippen molar-refractivity contribution in [1.29, 1.82) is 0 Å². The monoisotopic (exact) mass is 822 g/mol. The maximum absolute atomic E-state index is 5.32. The summed E-state index contributed by atoms with van der Waals surface area (Å²) in [6.07, 6.45) is 5.61. The second-order valence-electron chi connectivity index (χ2n) is 15.9. The van der Waals surface area contributed by atoms with E-state index in [1.165, 1.54) is 25.6 Å². The molecule has 13 rings (SSSR count). The first kappa shape index (κ1) is 35.5. The predicted octanol–water partition coefficient (Wildman–Crippen LogP) is 14.5. The zero-order valence-electron chi connectivity index (χ0n) is 33.7. The van der Waals surface area contributed by atoms with Crippen LogP contribution in [0.2, 0.25) is 0 Å². The molecule has 0 aliphatic rings. The van der Waals surface area contributed by atoms with Gasteiger partial charge in [-0.1, -0.05) is 115 Å². The van der Waals surface area contributed by atoms with Crippen LogP contribution in [0.3, 0.4) is 0 Å². The van der Waals surface area contributed by atoms with Gasteiger partial charge in [-0.3, -0.25) is 14.5 Å². The Hall–Kier alpha value is -8.26. The van der Waals surface area contributed by atoms with E-state index in [9.17, 15) is 0 Å². The smallest absolute Gasteiger partial charge is 0.138 e. The van der Waals surface area contributed by atoms with Crippen LogP contribution in [-0.4, -0.2) is 29.1 Å². The fourth-order valence-corrected chi connectivity index (χ4v) is 10.4. The van der Waals surface area contributed by atoms with Gasteiger partial charge in [0, 0.05) is 60.2 Å². The minimum atomic E-state index is 0.810. The molecule has 0 bridgehead atoms. The highest BCUT2D eigenvalue weighted by Gasteiger charge is 2.19. The van der Waals surface area contributed by atoms with Crippen molar-refractivity contribution >= 4 is 75.3 Å².